The predicted octanol–water partition coefficient (Wildman–Crippen LogP) is 2.53. The average molecular weight is 233 g/mol. The van der Waals surface area contributed by atoms with Gasteiger partial charge in [0.15, 0.2) is 0 Å². The van der Waals surface area contributed by atoms with E-state index in [-0.39, 0.29) is 0 Å². The molecule has 1 saturated carbocycles. The molecule has 94 valence electrons. The van der Waals surface area contributed by atoms with Crippen LogP contribution in [0.25, 0.3) is 0 Å². The van der Waals surface area contributed by atoms with Crippen molar-refractivity contribution in [2.24, 2.45) is 5.92 Å². The third-order valence-corrected chi connectivity index (χ3v) is 4.34. The number of nitrogens with zero attached hydrogens (tertiary/aromatic N) is 1. The molecule has 3 nitrogen and oxygen atoms in total. The van der Waals surface area contributed by atoms with E-state index in [0.29, 0.717) is 0 Å². The van der Waals surface area contributed by atoms with Gasteiger partial charge >= 0.3 is 0 Å². The number of rotatable bonds is 3. The number of aromatic amines is 1. The molecule has 1 aliphatic carbocycles. The smallest absolute Gasteiger partial charge is 0.106 e. The van der Waals surface area contributed by atoms with Crippen molar-refractivity contribution >= 4 is 0 Å². The predicted molar refractivity (Wildman–Crippen MR) is 69.2 cm³/mol. The molecule has 2 N–H and O–H groups in total. The number of nitrogens with one attached hydrogen (secondary N) is 2. The summed E-state index contributed by atoms with van der Waals surface area (Å²) < 4.78 is 0. The minimum atomic E-state index is 0.754. The van der Waals surface area contributed by atoms with Gasteiger partial charge in [0.25, 0.3) is 0 Å². The second-order valence-electron chi connectivity index (χ2n) is 5.74. The Kier molecular flexibility index (Phi) is 3.19. The molecule has 1 unspecified atom stereocenters. The van der Waals surface area contributed by atoms with Gasteiger partial charge in [-0.05, 0) is 51.6 Å². The van der Waals surface area contributed by atoms with E-state index in [1.54, 1.807) is 0 Å². The fraction of sp³-hybridized carbons (Fsp3) is 0.786. The molecule has 0 amide bonds. The van der Waals surface area contributed by atoms with E-state index >= 15 is 0 Å². The molecule has 3 heteroatoms. The van der Waals surface area contributed by atoms with Crippen LogP contribution in [-0.4, -0.2) is 23.1 Å². The SMILES string of the molecule is Cc1[nH]c(CC2CCCNC2)nc1C1CCC1. The summed E-state index contributed by atoms with van der Waals surface area (Å²) in [5.41, 5.74) is 2.67. The van der Waals surface area contributed by atoms with Crippen LogP contribution in [0.2, 0.25) is 0 Å². The van der Waals surface area contributed by atoms with Gasteiger partial charge in [-0.3, -0.25) is 0 Å². The largest absolute Gasteiger partial charge is 0.346 e. The molecule has 2 aliphatic rings. The van der Waals surface area contributed by atoms with Crippen molar-refractivity contribution < 1.29 is 0 Å². The molecular weight excluding hydrogens is 210 g/mol. The minimum absolute atomic E-state index is 0.754. The van der Waals surface area contributed by atoms with Gasteiger partial charge in [-0.1, -0.05) is 6.42 Å². The van der Waals surface area contributed by atoms with Gasteiger partial charge in [-0.25, -0.2) is 4.98 Å². The topological polar surface area (TPSA) is 40.7 Å². The molecule has 3 rings (SSSR count). The quantitative estimate of drug-likeness (QED) is 0.842. The summed E-state index contributed by atoms with van der Waals surface area (Å²) in [6, 6.07) is 0. The highest BCUT2D eigenvalue weighted by atomic mass is 14.9. The van der Waals surface area contributed by atoms with Gasteiger partial charge in [-0.2, -0.15) is 0 Å². The Bertz CT molecular complexity index is 373. The molecule has 0 spiro atoms. The summed E-state index contributed by atoms with van der Waals surface area (Å²) in [4.78, 5) is 8.34. The van der Waals surface area contributed by atoms with Gasteiger partial charge in [0.05, 0.1) is 5.69 Å². The highest BCUT2D eigenvalue weighted by molar-refractivity contribution is 5.20. The lowest BCUT2D eigenvalue weighted by molar-refractivity contribution is 0.370. The maximum absolute atomic E-state index is 4.84. The number of piperidine rings is 1. The molecule has 1 saturated heterocycles. The molecular formula is C14H23N3. The van der Waals surface area contributed by atoms with Crippen molar-refractivity contribution in [2.45, 2.75) is 51.4 Å². The normalized spacial score (nSPS) is 25.8. The third kappa shape index (κ3) is 2.39. The zero-order chi connectivity index (χ0) is 11.7. The number of aromatic nitrogens is 2. The van der Waals surface area contributed by atoms with E-state index in [1.165, 1.54) is 62.4 Å². The van der Waals surface area contributed by atoms with Crippen LogP contribution in [0.3, 0.4) is 0 Å². The highest BCUT2D eigenvalue weighted by Gasteiger charge is 2.25. The Morgan fingerprint density at radius 3 is 2.76 bits per heavy atom. The van der Waals surface area contributed by atoms with Gasteiger partial charge in [0.1, 0.15) is 5.82 Å². The molecule has 1 aromatic heterocycles. The molecule has 0 aromatic carbocycles. The van der Waals surface area contributed by atoms with E-state index in [0.717, 1.165) is 18.3 Å². The molecule has 1 aromatic rings. The summed E-state index contributed by atoms with van der Waals surface area (Å²) in [7, 11) is 0. The van der Waals surface area contributed by atoms with Gasteiger partial charge in [-0.15, -0.1) is 0 Å². The lowest BCUT2D eigenvalue weighted by atomic mass is 9.82. The van der Waals surface area contributed by atoms with Crippen LogP contribution in [-0.2, 0) is 6.42 Å². The van der Waals surface area contributed by atoms with Crippen molar-refractivity contribution in [3.63, 3.8) is 0 Å². The lowest BCUT2D eigenvalue weighted by Crippen LogP contribution is -2.31. The number of H-pyrrole nitrogens is 1. The molecule has 0 bridgehead atoms. The Labute approximate surface area is 103 Å². The first-order valence-electron chi connectivity index (χ1n) is 7.09. The van der Waals surface area contributed by atoms with Crippen LogP contribution in [0.5, 0.6) is 0 Å². The number of imidazole rings is 1. The van der Waals surface area contributed by atoms with Crippen LogP contribution in [0, 0.1) is 12.8 Å². The van der Waals surface area contributed by atoms with Crippen molar-refractivity contribution in [2.75, 3.05) is 13.1 Å². The fourth-order valence-electron chi connectivity index (χ4n) is 3.09. The van der Waals surface area contributed by atoms with Crippen molar-refractivity contribution in [1.82, 2.24) is 15.3 Å². The molecule has 1 aliphatic heterocycles. The number of aryl methyl sites for hydroxylation is 1. The van der Waals surface area contributed by atoms with Crippen LogP contribution in [0.4, 0.5) is 0 Å². The van der Waals surface area contributed by atoms with Crippen molar-refractivity contribution in [3.8, 4) is 0 Å². The summed E-state index contributed by atoms with van der Waals surface area (Å²) >= 11 is 0. The first-order valence-corrected chi connectivity index (χ1v) is 7.09. The molecule has 17 heavy (non-hydrogen) atoms. The summed E-state index contributed by atoms with van der Waals surface area (Å²) in [5, 5.41) is 3.48. The third-order valence-electron chi connectivity index (χ3n) is 4.34. The fourth-order valence-corrected chi connectivity index (χ4v) is 3.09. The second-order valence-corrected chi connectivity index (χ2v) is 5.74. The van der Waals surface area contributed by atoms with E-state index in [1.807, 2.05) is 0 Å². The van der Waals surface area contributed by atoms with Crippen molar-refractivity contribution in [1.29, 1.82) is 0 Å². The van der Waals surface area contributed by atoms with Crippen LogP contribution in [0.1, 0.15) is 55.2 Å². The number of hydrogen-bond acceptors (Lipinski definition) is 2. The second kappa shape index (κ2) is 4.81. The number of hydrogen-bond donors (Lipinski definition) is 2. The van der Waals surface area contributed by atoms with E-state index in [4.69, 9.17) is 4.98 Å². The van der Waals surface area contributed by atoms with E-state index in [2.05, 4.69) is 17.2 Å². The average Bonchev–Trinajstić information content (AvgIpc) is 2.59. The minimum Gasteiger partial charge on any atom is -0.346 e. The summed E-state index contributed by atoms with van der Waals surface area (Å²) in [6.45, 7) is 4.54. The van der Waals surface area contributed by atoms with E-state index < -0.39 is 0 Å². The molecule has 2 fully saturated rings. The van der Waals surface area contributed by atoms with Crippen molar-refractivity contribution in [3.05, 3.63) is 17.2 Å². The Morgan fingerprint density at radius 1 is 1.24 bits per heavy atom. The van der Waals surface area contributed by atoms with Gasteiger partial charge < -0.3 is 10.3 Å². The standard InChI is InChI=1S/C14H23N3/c1-10-14(12-5-2-6-12)17-13(16-10)8-11-4-3-7-15-9-11/h11-12,15H,2-9H2,1H3,(H,16,17). The Morgan fingerprint density at radius 2 is 2.12 bits per heavy atom. The molecule has 2 heterocycles. The molecule has 1 atom stereocenters. The maximum atomic E-state index is 4.84. The Balaban J connectivity index is 1.66. The van der Waals surface area contributed by atoms with Crippen LogP contribution >= 0.6 is 0 Å². The highest BCUT2D eigenvalue weighted by Crippen LogP contribution is 2.36. The van der Waals surface area contributed by atoms with Crippen LogP contribution < -0.4 is 5.32 Å². The monoisotopic (exact) mass is 233 g/mol. The molecule has 0 radical (unpaired) electrons. The van der Waals surface area contributed by atoms with Gasteiger partial charge in [0, 0.05) is 18.0 Å². The zero-order valence-corrected chi connectivity index (χ0v) is 10.8. The first kappa shape index (κ1) is 11.3. The zero-order valence-electron chi connectivity index (χ0n) is 10.8. The van der Waals surface area contributed by atoms with Gasteiger partial charge in [0.2, 0.25) is 0 Å². The summed E-state index contributed by atoms with van der Waals surface area (Å²) in [6.07, 6.45) is 7.87. The lowest BCUT2D eigenvalue weighted by Gasteiger charge is -2.24. The first-order chi connectivity index (χ1) is 8.33. The van der Waals surface area contributed by atoms with Crippen LogP contribution in [0.15, 0.2) is 0 Å². The summed E-state index contributed by atoms with van der Waals surface area (Å²) in [5.74, 6) is 2.76. The maximum Gasteiger partial charge on any atom is 0.106 e. The van der Waals surface area contributed by atoms with E-state index in [9.17, 15) is 0 Å². The Hall–Kier alpha value is -0.830.